The molecule has 7 nitrogen and oxygen atoms in total. The Morgan fingerprint density at radius 2 is 1.82 bits per heavy atom. The Bertz CT molecular complexity index is 1030. The van der Waals surface area contributed by atoms with Crippen LogP contribution in [0.25, 0.3) is 0 Å². The molecule has 9 heteroatoms. The molecule has 1 N–H and O–H groups in total. The van der Waals surface area contributed by atoms with E-state index in [-0.39, 0.29) is 11.3 Å². The second kappa shape index (κ2) is 8.85. The lowest BCUT2D eigenvalue weighted by atomic mass is 10.1. The van der Waals surface area contributed by atoms with Crippen molar-refractivity contribution in [1.82, 2.24) is 9.97 Å². The Kier molecular flexibility index (Phi) is 6.27. The fourth-order valence-corrected chi connectivity index (χ4v) is 3.71. The van der Waals surface area contributed by atoms with Crippen molar-refractivity contribution in [3.05, 3.63) is 76.1 Å². The van der Waals surface area contributed by atoms with Crippen LogP contribution in [-0.2, 0) is 0 Å². The summed E-state index contributed by atoms with van der Waals surface area (Å²) in [5.74, 6) is -0.516. The van der Waals surface area contributed by atoms with Crippen LogP contribution in [0, 0.1) is 17.0 Å². The molecule has 3 aromatic rings. The number of anilines is 1. The molecular weight excluding hydrogens is 396 g/mol. The van der Waals surface area contributed by atoms with Gasteiger partial charge in [0.25, 0.3) is 11.6 Å². The maximum atomic E-state index is 12.7. The Morgan fingerprint density at radius 1 is 1.11 bits per heavy atom. The first-order valence-electron chi connectivity index (χ1n) is 8.17. The van der Waals surface area contributed by atoms with Gasteiger partial charge in [0.05, 0.1) is 4.92 Å². The molecular formula is C19H16N4O3S2. The summed E-state index contributed by atoms with van der Waals surface area (Å²) in [6.07, 6.45) is 5.19. The van der Waals surface area contributed by atoms with Crippen LogP contribution >= 0.6 is 23.5 Å². The van der Waals surface area contributed by atoms with Gasteiger partial charge in [0, 0.05) is 33.9 Å². The standard InChI is InChI=1S/C19H16N4O3S2/c1-12-10-14(28-19-20-8-3-9-21-19)4-6-16(12)22-18(24)15-11-13(27-2)5-7-17(15)23(25)26/h3-11H,1-2H3,(H,22,24). The van der Waals surface area contributed by atoms with Crippen LogP contribution in [0.2, 0.25) is 0 Å². The number of rotatable bonds is 6. The van der Waals surface area contributed by atoms with Crippen LogP contribution in [0.4, 0.5) is 11.4 Å². The predicted molar refractivity (Wildman–Crippen MR) is 110 cm³/mol. The third-order valence-electron chi connectivity index (χ3n) is 3.84. The van der Waals surface area contributed by atoms with Crippen molar-refractivity contribution in [3.63, 3.8) is 0 Å². The minimum absolute atomic E-state index is 0.0346. The molecule has 0 saturated carbocycles. The van der Waals surface area contributed by atoms with Gasteiger partial charge in [0.15, 0.2) is 5.16 Å². The van der Waals surface area contributed by atoms with Crippen molar-refractivity contribution in [1.29, 1.82) is 0 Å². The molecule has 1 aromatic heterocycles. The predicted octanol–water partition coefficient (Wildman–Crippen LogP) is 4.82. The molecule has 0 radical (unpaired) electrons. The van der Waals surface area contributed by atoms with Gasteiger partial charge >= 0.3 is 0 Å². The van der Waals surface area contributed by atoms with Crippen molar-refractivity contribution in [2.24, 2.45) is 0 Å². The highest BCUT2D eigenvalue weighted by molar-refractivity contribution is 7.99. The molecule has 28 heavy (non-hydrogen) atoms. The van der Waals surface area contributed by atoms with Crippen LogP contribution in [0.1, 0.15) is 15.9 Å². The van der Waals surface area contributed by atoms with Crippen molar-refractivity contribution in [3.8, 4) is 0 Å². The van der Waals surface area contributed by atoms with Gasteiger partial charge in [-0.1, -0.05) is 0 Å². The van der Waals surface area contributed by atoms with Crippen LogP contribution in [0.3, 0.4) is 0 Å². The van der Waals surface area contributed by atoms with Gasteiger partial charge in [-0.2, -0.15) is 0 Å². The molecule has 0 atom stereocenters. The molecule has 0 saturated heterocycles. The molecule has 0 aliphatic heterocycles. The van der Waals surface area contributed by atoms with Crippen molar-refractivity contribution in [2.75, 3.05) is 11.6 Å². The number of benzene rings is 2. The molecule has 2 aromatic carbocycles. The molecule has 0 aliphatic carbocycles. The first kappa shape index (κ1) is 19.8. The van der Waals surface area contributed by atoms with E-state index in [4.69, 9.17) is 0 Å². The monoisotopic (exact) mass is 412 g/mol. The Labute approximate surface area is 170 Å². The lowest BCUT2D eigenvalue weighted by molar-refractivity contribution is -0.385. The highest BCUT2D eigenvalue weighted by Crippen LogP contribution is 2.29. The van der Waals surface area contributed by atoms with Crippen molar-refractivity contribution in [2.45, 2.75) is 21.9 Å². The van der Waals surface area contributed by atoms with Crippen LogP contribution in [0.5, 0.6) is 0 Å². The molecule has 0 fully saturated rings. The van der Waals surface area contributed by atoms with E-state index >= 15 is 0 Å². The highest BCUT2D eigenvalue weighted by Gasteiger charge is 2.21. The average molecular weight is 412 g/mol. The van der Waals surface area contributed by atoms with E-state index in [0.717, 1.165) is 15.4 Å². The van der Waals surface area contributed by atoms with Gasteiger partial charge < -0.3 is 5.32 Å². The second-order valence-corrected chi connectivity index (χ2v) is 7.62. The van der Waals surface area contributed by atoms with E-state index in [1.165, 1.54) is 35.7 Å². The van der Waals surface area contributed by atoms with E-state index in [1.807, 2.05) is 25.3 Å². The summed E-state index contributed by atoms with van der Waals surface area (Å²) in [6.45, 7) is 1.86. The molecule has 0 spiro atoms. The van der Waals surface area contributed by atoms with Crippen LogP contribution in [0.15, 0.2) is 69.8 Å². The number of aryl methyl sites for hydroxylation is 1. The number of hydrogen-bond acceptors (Lipinski definition) is 7. The minimum atomic E-state index is -0.550. The quantitative estimate of drug-likeness (QED) is 0.268. The normalized spacial score (nSPS) is 10.5. The van der Waals surface area contributed by atoms with E-state index in [9.17, 15) is 14.9 Å². The second-order valence-electron chi connectivity index (χ2n) is 5.70. The molecule has 3 rings (SSSR count). The van der Waals surface area contributed by atoms with E-state index < -0.39 is 10.8 Å². The first-order valence-corrected chi connectivity index (χ1v) is 10.2. The van der Waals surface area contributed by atoms with E-state index in [0.29, 0.717) is 10.8 Å². The fourth-order valence-electron chi connectivity index (χ4n) is 2.46. The lowest BCUT2D eigenvalue weighted by Gasteiger charge is -2.11. The summed E-state index contributed by atoms with van der Waals surface area (Å²) >= 11 is 2.83. The minimum Gasteiger partial charge on any atom is -0.322 e. The van der Waals surface area contributed by atoms with E-state index in [1.54, 1.807) is 30.6 Å². The highest BCUT2D eigenvalue weighted by atomic mass is 32.2. The molecule has 0 aliphatic rings. The summed E-state index contributed by atoms with van der Waals surface area (Å²) in [4.78, 5) is 33.5. The number of carbonyl (C=O) groups excluding carboxylic acids is 1. The first-order chi connectivity index (χ1) is 13.5. The number of carbonyl (C=O) groups is 1. The number of nitro groups is 1. The largest absolute Gasteiger partial charge is 0.322 e. The zero-order chi connectivity index (χ0) is 20.1. The number of hydrogen-bond donors (Lipinski definition) is 1. The number of nitrogens with one attached hydrogen (secondary N) is 1. The summed E-state index contributed by atoms with van der Waals surface area (Å²) in [7, 11) is 0. The van der Waals surface area contributed by atoms with Crippen molar-refractivity contribution < 1.29 is 9.72 Å². The molecule has 1 heterocycles. The van der Waals surface area contributed by atoms with Crippen molar-refractivity contribution >= 4 is 40.8 Å². The van der Waals surface area contributed by atoms with E-state index in [2.05, 4.69) is 15.3 Å². The van der Waals surface area contributed by atoms with Gasteiger partial charge in [0.2, 0.25) is 0 Å². The van der Waals surface area contributed by atoms with Crippen LogP contribution in [-0.4, -0.2) is 27.1 Å². The third kappa shape index (κ3) is 4.68. The number of thioether (sulfide) groups is 1. The number of nitro benzene ring substituents is 1. The average Bonchev–Trinajstić information content (AvgIpc) is 2.70. The van der Waals surface area contributed by atoms with Crippen LogP contribution < -0.4 is 5.32 Å². The van der Waals surface area contributed by atoms with Gasteiger partial charge in [-0.15, -0.1) is 11.8 Å². The zero-order valence-electron chi connectivity index (χ0n) is 15.1. The summed E-state index contributed by atoms with van der Waals surface area (Å²) in [5.41, 5.74) is 1.24. The zero-order valence-corrected chi connectivity index (χ0v) is 16.7. The summed E-state index contributed by atoms with van der Waals surface area (Å²) in [5, 5.41) is 14.7. The topological polar surface area (TPSA) is 98.0 Å². The number of nitrogens with zero attached hydrogens (tertiary/aromatic N) is 3. The molecule has 1 amide bonds. The maximum absolute atomic E-state index is 12.7. The molecule has 0 bridgehead atoms. The third-order valence-corrected chi connectivity index (χ3v) is 5.45. The number of aromatic nitrogens is 2. The van der Waals surface area contributed by atoms with Gasteiger partial charge in [-0.25, -0.2) is 9.97 Å². The Balaban J connectivity index is 1.82. The Hall–Kier alpha value is -2.91. The summed E-state index contributed by atoms with van der Waals surface area (Å²) in [6, 6.07) is 11.8. The molecule has 142 valence electrons. The maximum Gasteiger partial charge on any atom is 0.282 e. The van der Waals surface area contributed by atoms with Gasteiger partial charge in [-0.05, 0) is 66.9 Å². The summed E-state index contributed by atoms with van der Waals surface area (Å²) < 4.78 is 0. The smallest absolute Gasteiger partial charge is 0.282 e. The van der Waals surface area contributed by atoms with Gasteiger partial charge in [0.1, 0.15) is 5.56 Å². The van der Waals surface area contributed by atoms with Gasteiger partial charge in [-0.3, -0.25) is 14.9 Å². The fraction of sp³-hybridized carbons (Fsp3) is 0.105. The SMILES string of the molecule is CSc1ccc([N+](=O)[O-])c(C(=O)Nc2ccc(Sc3ncccn3)cc2C)c1. The molecule has 0 unspecified atom stereocenters. The number of amides is 1. The lowest BCUT2D eigenvalue weighted by Crippen LogP contribution is -2.15. The Morgan fingerprint density at radius 3 is 2.46 bits per heavy atom.